The SMILES string of the molecule is CN=C(NCc1cn2c(C)cccc2n1)N1CC2OCCN(Cc3ccccc3)C2C1.I. The van der Waals surface area contributed by atoms with Crippen LogP contribution in [0.3, 0.4) is 0 Å². The molecule has 2 saturated heterocycles. The number of nitrogens with zero attached hydrogens (tertiary/aromatic N) is 5. The van der Waals surface area contributed by atoms with Crippen LogP contribution in [-0.4, -0.2) is 70.6 Å². The van der Waals surface area contributed by atoms with E-state index in [2.05, 4.69) is 74.0 Å². The van der Waals surface area contributed by atoms with E-state index in [1.54, 1.807) is 0 Å². The van der Waals surface area contributed by atoms with Crippen LogP contribution in [0.4, 0.5) is 0 Å². The second-order valence-electron chi connectivity index (χ2n) is 8.37. The number of benzene rings is 1. The molecule has 32 heavy (non-hydrogen) atoms. The summed E-state index contributed by atoms with van der Waals surface area (Å²) >= 11 is 0. The Balaban J connectivity index is 0.00000245. The number of imidazole rings is 1. The van der Waals surface area contributed by atoms with Crippen molar-refractivity contribution in [1.82, 2.24) is 24.5 Å². The van der Waals surface area contributed by atoms with Crippen LogP contribution in [0.1, 0.15) is 17.0 Å². The maximum atomic E-state index is 6.13. The zero-order valence-corrected chi connectivity index (χ0v) is 21.0. The molecule has 1 aromatic carbocycles. The van der Waals surface area contributed by atoms with E-state index in [-0.39, 0.29) is 30.1 Å². The van der Waals surface area contributed by atoms with Gasteiger partial charge >= 0.3 is 0 Å². The lowest BCUT2D eigenvalue weighted by atomic mass is 10.1. The molecule has 170 valence electrons. The smallest absolute Gasteiger partial charge is 0.194 e. The summed E-state index contributed by atoms with van der Waals surface area (Å²) in [4.78, 5) is 14.2. The predicted octanol–water partition coefficient (Wildman–Crippen LogP) is 2.92. The number of ether oxygens (including phenoxy) is 1. The highest BCUT2D eigenvalue weighted by molar-refractivity contribution is 14.0. The summed E-state index contributed by atoms with van der Waals surface area (Å²) in [7, 11) is 1.85. The number of likely N-dealkylation sites (tertiary alicyclic amines) is 1. The Morgan fingerprint density at radius 1 is 1.16 bits per heavy atom. The molecular weight excluding hydrogens is 515 g/mol. The van der Waals surface area contributed by atoms with Crippen molar-refractivity contribution in [2.45, 2.75) is 32.2 Å². The highest BCUT2D eigenvalue weighted by Gasteiger charge is 2.41. The van der Waals surface area contributed by atoms with E-state index in [0.29, 0.717) is 12.6 Å². The average molecular weight is 546 g/mol. The van der Waals surface area contributed by atoms with Gasteiger partial charge in [-0.25, -0.2) is 4.98 Å². The molecule has 0 bridgehead atoms. The second-order valence-corrected chi connectivity index (χ2v) is 8.37. The lowest BCUT2D eigenvalue weighted by Crippen LogP contribution is -2.50. The molecule has 2 unspecified atom stereocenters. The van der Waals surface area contributed by atoms with Gasteiger partial charge < -0.3 is 19.4 Å². The molecule has 0 radical (unpaired) electrons. The summed E-state index contributed by atoms with van der Waals surface area (Å²) in [6, 6.07) is 17.3. The molecule has 8 heteroatoms. The van der Waals surface area contributed by atoms with Crippen LogP contribution >= 0.6 is 24.0 Å². The largest absolute Gasteiger partial charge is 0.373 e. The van der Waals surface area contributed by atoms with Gasteiger partial charge in [-0.05, 0) is 24.6 Å². The minimum atomic E-state index is 0. The van der Waals surface area contributed by atoms with Gasteiger partial charge in [-0.2, -0.15) is 0 Å². The van der Waals surface area contributed by atoms with E-state index in [4.69, 9.17) is 9.72 Å². The monoisotopic (exact) mass is 546 g/mol. The van der Waals surface area contributed by atoms with E-state index in [1.807, 2.05) is 19.2 Å². The van der Waals surface area contributed by atoms with Gasteiger partial charge in [0.2, 0.25) is 0 Å². The van der Waals surface area contributed by atoms with E-state index in [0.717, 1.165) is 50.1 Å². The number of nitrogens with one attached hydrogen (secondary N) is 1. The summed E-state index contributed by atoms with van der Waals surface area (Å²) in [5.41, 5.74) is 4.52. The van der Waals surface area contributed by atoms with Gasteiger partial charge in [0.15, 0.2) is 5.96 Å². The molecule has 2 aromatic heterocycles. The molecule has 2 aliphatic rings. The molecule has 0 saturated carbocycles. The number of hydrogen-bond donors (Lipinski definition) is 1. The number of guanidine groups is 1. The lowest BCUT2D eigenvalue weighted by molar-refractivity contribution is -0.0502. The number of hydrogen-bond acceptors (Lipinski definition) is 4. The predicted molar refractivity (Wildman–Crippen MR) is 137 cm³/mol. The molecule has 2 aliphatic heterocycles. The third-order valence-electron chi connectivity index (χ3n) is 6.33. The van der Waals surface area contributed by atoms with Gasteiger partial charge in [-0.3, -0.25) is 9.89 Å². The Hall–Kier alpha value is -2.17. The number of pyridine rings is 1. The Kier molecular flexibility index (Phi) is 7.32. The van der Waals surface area contributed by atoms with Gasteiger partial charge in [-0.15, -0.1) is 24.0 Å². The molecule has 2 fully saturated rings. The third kappa shape index (κ3) is 4.77. The highest BCUT2D eigenvalue weighted by Crippen LogP contribution is 2.24. The minimum Gasteiger partial charge on any atom is -0.373 e. The number of aryl methyl sites for hydroxylation is 1. The van der Waals surface area contributed by atoms with Gasteiger partial charge in [0, 0.05) is 45.1 Å². The minimum absolute atomic E-state index is 0. The molecule has 0 spiro atoms. The molecule has 7 nitrogen and oxygen atoms in total. The van der Waals surface area contributed by atoms with Crippen molar-refractivity contribution in [3.63, 3.8) is 0 Å². The summed E-state index contributed by atoms with van der Waals surface area (Å²) in [6.45, 7) is 7.24. The van der Waals surface area contributed by atoms with E-state index >= 15 is 0 Å². The van der Waals surface area contributed by atoms with Gasteiger partial charge in [0.1, 0.15) is 5.65 Å². The molecule has 5 rings (SSSR count). The zero-order valence-electron chi connectivity index (χ0n) is 18.6. The van der Waals surface area contributed by atoms with E-state index in [1.165, 1.54) is 11.3 Å². The third-order valence-corrected chi connectivity index (χ3v) is 6.33. The zero-order chi connectivity index (χ0) is 21.2. The average Bonchev–Trinajstić information content (AvgIpc) is 3.41. The molecular formula is C24H31IN6O. The summed E-state index contributed by atoms with van der Waals surface area (Å²) in [5.74, 6) is 0.909. The quantitative estimate of drug-likeness (QED) is 0.310. The lowest BCUT2D eigenvalue weighted by Gasteiger charge is -2.36. The maximum absolute atomic E-state index is 6.13. The van der Waals surface area contributed by atoms with Crippen molar-refractivity contribution >= 4 is 35.6 Å². The number of fused-ring (bicyclic) bond motifs is 2. The summed E-state index contributed by atoms with van der Waals surface area (Å²) in [5, 5.41) is 3.51. The standard InChI is InChI=1S/C24H30N6O.HI/c1-18-7-6-10-23-27-20(15-30(18)23)13-26-24(25-2)29-16-21-22(17-29)31-12-11-28(21)14-19-8-4-3-5-9-19;/h3-10,15,21-22H,11-14,16-17H2,1-2H3,(H,25,26);1H. The number of rotatable bonds is 4. The van der Waals surface area contributed by atoms with Crippen molar-refractivity contribution < 1.29 is 4.74 Å². The Labute approximate surface area is 206 Å². The van der Waals surface area contributed by atoms with Gasteiger partial charge in [0.25, 0.3) is 0 Å². The molecule has 2 atom stereocenters. The number of halogens is 1. The number of aliphatic imine (C=N–C) groups is 1. The van der Waals surface area contributed by atoms with Crippen molar-refractivity contribution in [3.8, 4) is 0 Å². The van der Waals surface area contributed by atoms with Crippen LogP contribution in [0.5, 0.6) is 0 Å². The molecule has 1 N–H and O–H groups in total. The van der Waals surface area contributed by atoms with Crippen LogP contribution in [0, 0.1) is 6.92 Å². The topological polar surface area (TPSA) is 57.4 Å². The van der Waals surface area contributed by atoms with Crippen molar-refractivity contribution in [3.05, 3.63) is 71.7 Å². The number of morpholine rings is 1. The first-order chi connectivity index (χ1) is 15.2. The van der Waals surface area contributed by atoms with Gasteiger partial charge in [0.05, 0.1) is 31.0 Å². The van der Waals surface area contributed by atoms with Crippen molar-refractivity contribution in [2.24, 2.45) is 4.99 Å². The van der Waals surface area contributed by atoms with Crippen LogP contribution in [0.2, 0.25) is 0 Å². The first-order valence-electron chi connectivity index (χ1n) is 11.0. The van der Waals surface area contributed by atoms with Crippen molar-refractivity contribution in [2.75, 3.05) is 33.3 Å². The molecule has 4 heterocycles. The Bertz CT molecular complexity index is 1070. The Morgan fingerprint density at radius 3 is 2.78 bits per heavy atom. The van der Waals surface area contributed by atoms with Crippen molar-refractivity contribution in [1.29, 1.82) is 0 Å². The van der Waals surface area contributed by atoms with Gasteiger partial charge in [-0.1, -0.05) is 36.4 Å². The number of aromatic nitrogens is 2. The Morgan fingerprint density at radius 2 is 2.00 bits per heavy atom. The van der Waals surface area contributed by atoms with Crippen LogP contribution in [0.25, 0.3) is 5.65 Å². The molecule has 3 aromatic rings. The maximum Gasteiger partial charge on any atom is 0.194 e. The van der Waals surface area contributed by atoms with E-state index in [9.17, 15) is 0 Å². The normalized spacial score (nSPS) is 21.4. The van der Waals surface area contributed by atoms with Crippen LogP contribution in [-0.2, 0) is 17.8 Å². The fourth-order valence-electron chi connectivity index (χ4n) is 4.73. The van der Waals surface area contributed by atoms with Crippen LogP contribution < -0.4 is 5.32 Å². The van der Waals surface area contributed by atoms with E-state index < -0.39 is 0 Å². The first-order valence-corrected chi connectivity index (χ1v) is 11.0. The highest BCUT2D eigenvalue weighted by atomic mass is 127. The van der Waals surface area contributed by atoms with Crippen LogP contribution in [0.15, 0.2) is 59.7 Å². The second kappa shape index (κ2) is 10.2. The fourth-order valence-corrected chi connectivity index (χ4v) is 4.73. The summed E-state index contributed by atoms with van der Waals surface area (Å²) in [6.07, 6.45) is 2.31. The summed E-state index contributed by atoms with van der Waals surface area (Å²) < 4.78 is 8.25. The first kappa shape index (κ1) is 23.0. The molecule has 0 amide bonds. The fraction of sp³-hybridized carbons (Fsp3) is 0.417. The molecule has 0 aliphatic carbocycles.